The van der Waals surface area contributed by atoms with Crippen molar-refractivity contribution >= 4 is 5.69 Å². The summed E-state index contributed by atoms with van der Waals surface area (Å²) in [7, 11) is 0. The minimum atomic E-state index is 0.538. The van der Waals surface area contributed by atoms with Gasteiger partial charge in [-0.2, -0.15) is 0 Å². The Hall–Kier alpha value is -1.80. The Morgan fingerprint density at radius 1 is 0.950 bits per heavy atom. The first-order valence-corrected chi connectivity index (χ1v) is 7.27. The van der Waals surface area contributed by atoms with Crippen molar-refractivity contribution in [2.45, 2.75) is 32.9 Å². The van der Waals surface area contributed by atoms with Gasteiger partial charge >= 0.3 is 0 Å². The zero-order valence-corrected chi connectivity index (χ0v) is 12.4. The summed E-state index contributed by atoms with van der Waals surface area (Å²) in [6.45, 7) is 6.56. The number of nitrogens with zero attached hydrogens (tertiary/aromatic N) is 1. The molecule has 0 saturated carbocycles. The van der Waals surface area contributed by atoms with Gasteiger partial charge in [0.05, 0.1) is 0 Å². The predicted molar refractivity (Wildman–Crippen MR) is 86.5 cm³/mol. The number of anilines is 1. The lowest BCUT2D eigenvalue weighted by Crippen LogP contribution is -2.32. The molecule has 0 saturated heterocycles. The van der Waals surface area contributed by atoms with Crippen LogP contribution in [0, 0.1) is 0 Å². The highest BCUT2D eigenvalue weighted by Gasteiger charge is 2.10. The molecule has 0 unspecified atom stereocenters. The molecule has 106 valence electrons. The minimum absolute atomic E-state index is 0.538. The van der Waals surface area contributed by atoms with Crippen molar-refractivity contribution in [1.82, 2.24) is 4.90 Å². The molecule has 0 atom stereocenters. The quantitative estimate of drug-likeness (QED) is 0.809. The summed E-state index contributed by atoms with van der Waals surface area (Å²) in [4.78, 5) is 2.50. The van der Waals surface area contributed by atoms with E-state index >= 15 is 0 Å². The van der Waals surface area contributed by atoms with Crippen molar-refractivity contribution in [2.75, 3.05) is 12.3 Å². The van der Waals surface area contributed by atoms with Gasteiger partial charge in [0.15, 0.2) is 0 Å². The van der Waals surface area contributed by atoms with Gasteiger partial charge in [0.25, 0.3) is 0 Å². The van der Waals surface area contributed by atoms with Crippen LogP contribution in [0.3, 0.4) is 0 Å². The van der Waals surface area contributed by atoms with Gasteiger partial charge < -0.3 is 5.73 Å². The molecule has 2 aromatic carbocycles. The van der Waals surface area contributed by atoms with Crippen molar-refractivity contribution in [3.63, 3.8) is 0 Å². The third kappa shape index (κ3) is 4.39. The number of hydrogen-bond donors (Lipinski definition) is 1. The van der Waals surface area contributed by atoms with E-state index in [4.69, 9.17) is 5.73 Å². The summed E-state index contributed by atoms with van der Waals surface area (Å²) >= 11 is 0. The van der Waals surface area contributed by atoms with Crippen LogP contribution in [0.25, 0.3) is 0 Å². The molecular formula is C18H24N2. The fourth-order valence-corrected chi connectivity index (χ4v) is 2.36. The van der Waals surface area contributed by atoms with Crippen molar-refractivity contribution in [3.05, 3.63) is 65.7 Å². The summed E-state index contributed by atoms with van der Waals surface area (Å²) in [6, 6.07) is 19.4. The molecule has 2 N–H and O–H groups in total. The molecule has 0 radical (unpaired) electrons. The van der Waals surface area contributed by atoms with Crippen LogP contribution in [0.2, 0.25) is 0 Å². The van der Waals surface area contributed by atoms with Gasteiger partial charge in [-0.25, -0.2) is 0 Å². The van der Waals surface area contributed by atoms with E-state index in [1.807, 2.05) is 12.1 Å². The van der Waals surface area contributed by atoms with Gasteiger partial charge in [-0.1, -0.05) is 42.5 Å². The highest BCUT2D eigenvalue weighted by molar-refractivity contribution is 5.40. The van der Waals surface area contributed by atoms with E-state index in [1.54, 1.807) is 0 Å². The van der Waals surface area contributed by atoms with Gasteiger partial charge in [-0.3, -0.25) is 4.90 Å². The van der Waals surface area contributed by atoms with Crippen LogP contribution in [0.1, 0.15) is 25.0 Å². The summed E-state index contributed by atoms with van der Waals surface area (Å²) in [6.07, 6.45) is 1.04. The Morgan fingerprint density at radius 3 is 2.30 bits per heavy atom. The Bertz CT molecular complexity index is 520. The summed E-state index contributed by atoms with van der Waals surface area (Å²) in [5, 5.41) is 0. The third-order valence-corrected chi connectivity index (χ3v) is 3.60. The largest absolute Gasteiger partial charge is 0.399 e. The van der Waals surface area contributed by atoms with Crippen LogP contribution in [-0.4, -0.2) is 17.5 Å². The maximum Gasteiger partial charge on any atom is 0.0316 e. The molecule has 2 heteroatoms. The Morgan fingerprint density at radius 2 is 1.65 bits per heavy atom. The maximum atomic E-state index is 5.83. The first kappa shape index (κ1) is 14.6. The zero-order valence-electron chi connectivity index (χ0n) is 12.4. The molecule has 0 fully saturated rings. The monoisotopic (exact) mass is 268 g/mol. The van der Waals surface area contributed by atoms with Gasteiger partial charge in [-0.05, 0) is 43.5 Å². The molecule has 0 aromatic heterocycles. The fraction of sp³-hybridized carbons (Fsp3) is 0.333. The van der Waals surface area contributed by atoms with E-state index < -0.39 is 0 Å². The summed E-state index contributed by atoms with van der Waals surface area (Å²) in [5.41, 5.74) is 9.36. The lowest BCUT2D eigenvalue weighted by Gasteiger charge is -2.26. The van der Waals surface area contributed by atoms with Gasteiger partial charge in [0, 0.05) is 24.8 Å². The maximum absolute atomic E-state index is 5.83. The molecule has 0 spiro atoms. The zero-order chi connectivity index (χ0) is 14.4. The second-order valence-electron chi connectivity index (χ2n) is 5.54. The molecule has 0 aliphatic rings. The highest BCUT2D eigenvalue weighted by atomic mass is 15.1. The third-order valence-electron chi connectivity index (χ3n) is 3.60. The second-order valence-corrected chi connectivity index (χ2v) is 5.54. The minimum Gasteiger partial charge on any atom is -0.399 e. The van der Waals surface area contributed by atoms with Crippen molar-refractivity contribution in [1.29, 1.82) is 0 Å². The Balaban J connectivity index is 1.96. The number of rotatable bonds is 6. The average molecular weight is 268 g/mol. The molecule has 0 aliphatic carbocycles. The number of nitrogen functional groups attached to an aromatic ring is 1. The number of benzene rings is 2. The van der Waals surface area contributed by atoms with Gasteiger partial charge in [0.2, 0.25) is 0 Å². The molecule has 20 heavy (non-hydrogen) atoms. The van der Waals surface area contributed by atoms with Crippen molar-refractivity contribution in [2.24, 2.45) is 0 Å². The molecule has 0 amide bonds. The van der Waals surface area contributed by atoms with Crippen LogP contribution >= 0.6 is 0 Å². The first-order valence-electron chi connectivity index (χ1n) is 7.27. The average Bonchev–Trinajstić information content (AvgIpc) is 2.44. The van der Waals surface area contributed by atoms with E-state index in [1.165, 1.54) is 11.1 Å². The molecule has 2 aromatic rings. The topological polar surface area (TPSA) is 29.3 Å². The number of nitrogens with two attached hydrogens (primary N) is 1. The van der Waals surface area contributed by atoms with Crippen LogP contribution in [0.5, 0.6) is 0 Å². The standard InChI is InChI=1S/C18H24N2/c1-15(2)20(14-17-7-4-3-5-8-17)12-11-16-9-6-10-18(19)13-16/h3-10,13,15H,11-12,14,19H2,1-2H3. The lowest BCUT2D eigenvalue weighted by molar-refractivity contribution is 0.215. The normalized spacial score (nSPS) is 11.2. The van der Waals surface area contributed by atoms with E-state index in [0.29, 0.717) is 6.04 Å². The van der Waals surface area contributed by atoms with Crippen LogP contribution in [-0.2, 0) is 13.0 Å². The molecule has 0 heterocycles. The fourth-order valence-electron chi connectivity index (χ4n) is 2.36. The molecule has 2 rings (SSSR count). The SMILES string of the molecule is CC(C)N(CCc1cccc(N)c1)Cc1ccccc1. The molecular weight excluding hydrogens is 244 g/mol. The van der Waals surface area contributed by atoms with Crippen LogP contribution in [0.4, 0.5) is 5.69 Å². The molecule has 0 bridgehead atoms. The van der Waals surface area contributed by atoms with Crippen LogP contribution < -0.4 is 5.73 Å². The highest BCUT2D eigenvalue weighted by Crippen LogP contribution is 2.12. The van der Waals surface area contributed by atoms with E-state index in [-0.39, 0.29) is 0 Å². The summed E-state index contributed by atoms with van der Waals surface area (Å²) in [5.74, 6) is 0. The second kappa shape index (κ2) is 7.11. The predicted octanol–water partition coefficient (Wildman–Crippen LogP) is 3.72. The van der Waals surface area contributed by atoms with E-state index in [9.17, 15) is 0 Å². The first-order chi connectivity index (χ1) is 9.65. The lowest BCUT2D eigenvalue weighted by atomic mass is 10.1. The summed E-state index contributed by atoms with van der Waals surface area (Å²) < 4.78 is 0. The smallest absolute Gasteiger partial charge is 0.0316 e. The Kier molecular flexibility index (Phi) is 5.19. The molecule has 0 aliphatic heterocycles. The van der Waals surface area contributed by atoms with E-state index in [2.05, 4.69) is 61.2 Å². The van der Waals surface area contributed by atoms with Crippen molar-refractivity contribution in [3.8, 4) is 0 Å². The Labute approximate surface area is 122 Å². The van der Waals surface area contributed by atoms with E-state index in [0.717, 1.165) is 25.2 Å². The van der Waals surface area contributed by atoms with Crippen molar-refractivity contribution < 1.29 is 0 Å². The number of hydrogen-bond acceptors (Lipinski definition) is 2. The van der Waals surface area contributed by atoms with Crippen LogP contribution in [0.15, 0.2) is 54.6 Å². The molecule has 2 nitrogen and oxygen atoms in total. The van der Waals surface area contributed by atoms with Gasteiger partial charge in [-0.15, -0.1) is 0 Å². The van der Waals surface area contributed by atoms with Gasteiger partial charge in [0.1, 0.15) is 0 Å².